The minimum Gasteiger partial charge on any atom is -0.493 e. The van der Waals surface area contributed by atoms with Crippen LogP contribution in [-0.4, -0.2) is 43.6 Å². The molecule has 0 N–H and O–H groups in total. The molecule has 0 bridgehead atoms. The SMILES string of the molecule is c1cc(C2=Nc3ccc(OCC4CC4)cc32)cc(N2CCOCC2)n1. The number of aromatic nitrogens is 1. The van der Waals surface area contributed by atoms with Crippen LogP contribution >= 0.6 is 0 Å². The molecule has 0 unspecified atom stereocenters. The fraction of sp³-hybridized carbons (Fsp3) is 0.400. The molecule has 1 aliphatic carbocycles. The van der Waals surface area contributed by atoms with E-state index < -0.39 is 0 Å². The van der Waals surface area contributed by atoms with Gasteiger partial charge >= 0.3 is 0 Å². The third-order valence-electron chi connectivity index (χ3n) is 4.99. The molecule has 1 aromatic carbocycles. The third kappa shape index (κ3) is 3.00. The van der Waals surface area contributed by atoms with Gasteiger partial charge in [-0.15, -0.1) is 0 Å². The molecule has 2 aromatic rings. The predicted molar refractivity (Wildman–Crippen MR) is 97.2 cm³/mol. The summed E-state index contributed by atoms with van der Waals surface area (Å²) < 4.78 is 11.3. The Hall–Kier alpha value is -2.40. The van der Waals surface area contributed by atoms with Gasteiger partial charge in [0.15, 0.2) is 0 Å². The average Bonchev–Trinajstić information content (AvgIpc) is 3.47. The van der Waals surface area contributed by atoms with Gasteiger partial charge in [-0.3, -0.25) is 0 Å². The van der Waals surface area contributed by atoms with Crippen molar-refractivity contribution in [2.24, 2.45) is 10.9 Å². The molecule has 2 fully saturated rings. The number of hydrogen-bond donors (Lipinski definition) is 0. The van der Waals surface area contributed by atoms with Crippen LogP contribution in [0.2, 0.25) is 0 Å². The molecule has 1 aromatic heterocycles. The first-order chi connectivity index (χ1) is 12.4. The molecule has 3 aliphatic rings. The normalized spacial score (nSPS) is 19.0. The van der Waals surface area contributed by atoms with Crippen LogP contribution < -0.4 is 9.64 Å². The topological polar surface area (TPSA) is 47.0 Å². The summed E-state index contributed by atoms with van der Waals surface area (Å²) in [6, 6.07) is 10.3. The highest BCUT2D eigenvalue weighted by molar-refractivity contribution is 6.22. The zero-order valence-electron chi connectivity index (χ0n) is 14.1. The molecule has 0 radical (unpaired) electrons. The molecule has 0 amide bonds. The van der Waals surface area contributed by atoms with Gasteiger partial charge in [-0.25, -0.2) is 9.98 Å². The van der Waals surface area contributed by atoms with E-state index in [0.29, 0.717) is 0 Å². The van der Waals surface area contributed by atoms with Crippen LogP contribution in [-0.2, 0) is 4.74 Å². The summed E-state index contributed by atoms with van der Waals surface area (Å²) in [6.07, 6.45) is 4.48. The molecular weight excluding hydrogens is 314 g/mol. The summed E-state index contributed by atoms with van der Waals surface area (Å²) in [5.74, 6) is 2.70. The Balaban J connectivity index is 1.36. The molecule has 5 heteroatoms. The second kappa shape index (κ2) is 6.15. The Labute approximate surface area is 147 Å². The maximum atomic E-state index is 5.91. The molecule has 0 spiro atoms. The second-order valence-corrected chi connectivity index (χ2v) is 6.90. The highest BCUT2D eigenvalue weighted by Crippen LogP contribution is 2.37. The monoisotopic (exact) mass is 335 g/mol. The van der Waals surface area contributed by atoms with Crippen molar-refractivity contribution in [2.75, 3.05) is 37.8 Å². The van der Waals surface area contributed by atoms with Crippen molar-refractivity contribution in [3.63, 3.8) is 0 Å². The number of benzene rings is 1. The van der Waals surface area contributed by atoms with Gasteiger partial charge in [0.05, 0.1) is 31.2 Å². The maximum Gasteiger partial charge on any atom is 0.129 e. The van der Waals surface area contributed by atoms with E-state index >= 15 is 0 Å². The molecular formula is C20H21N3O2. The van der Waals surface area contributed by atoms with Crippen molar-refractivity contribution in [1.29, 1.82) is 0 Å². The molecule has 1 saturated heterocycles. The minimum atomic E-state index is 0.760. The summed E-state index contributed by atoms with van der Waals surface area (Å²) in [5.41, 5.74) is 4.36. The van der Waals surface area contributed by atoms with Crippen molar-refractivity contribution < 1.29 is 9.47 Å². The first-order valence-electron chi connectivity index (χ1n) is 9.02. The summed E-state index contributed by atoms with van der Waals surface area (Å²) in [7, 11) is 0. The van der Waals surface area contributed by atoms with Crippen LogP contribution in [0.3, 0.4) is 0 Å². The second-order valence-electron chi connectivity index (χ2n) is 6.90. The molecule has 2 aliphatic heterocycles. The Morgan fingerprint density at radius 2 is 2.00 bits per heavy atom. The van der Waals surface area contributed by atoms with E-state index in [1.54, 1.807) is 0 Å². The van der Waals surface area contributed by atoms with E-state index in [2.05, 4.69) is 27.0 Å². The molecule has 25 heavy (non-hydrogen) atoms. The van der Waals surface area contributed by atoms with Crippen molar-refractivity contribution >= 4 is 17.2 Å². The lowest BCUT2D eigenvalue weighted by molar-refractivity contribution is 0.122. The number of rotatable bonds is 5. The van der Waals surface area contributed by atoms with Crippen molar-refractivity contribution in [1.82, 2.24) is 4.98 Å². The number of ether oxygens (including phenoxy) is 2. The Morgan fingerprint density at radius 3 is 2.84 bits per heavy atom. The van der Waals surface area contributed by atoms with Gasteiger partial charge in [-0.05, 0) is 49.1 Å². The van der Waals surface area contributed by atoms with Gasteiger partial charge in [0, 0.05) is 30.4 Å². The van der Waals surface area contributed by atoms with Gasteiger partial charge in [0.25, 0.3) is 0 Å². The Bertz CT molecular complexity index is 823. The lowest BCUT2D eigenvalue weighted by Gasteiger charge is -2.28. The van der Waals surface area contributed by atoms with Gasteiger partial charge in [0.2, 0.25) is 0 Å². The molecule has 3 heterocycles. The van der Waals surface area contributed by atoms with E-state index in [0.717, 1.165) is 67.4 Å². The standard InChI is InChI=1S/C20H21N3O2/c1-2-14(1)13-25-16-3-4-18-17(12-16)20(22-18)15-5-6-21-19(11-15)23-7-9-24-10-8-23/h3-6,11-12,14H,1-2,7-10,13H2. The number of pyridine rings is 1. The fourth-order valence-corrected chi connectivity index (χ4v) is 3.27. The molecule has 5 nitrogen and oxygen atoms in total. The van der Waals surface area contributed by atoms with Gasteiger partial charge < -0.3 is 14.4 Å². The van der Waals surface area contributed by atoms with Crippen LogP contribution in [0.4, 0.5) is 11.5 Å². The smallest absolute Gasteiger partial charge is 0.129 e. The Morgan fingerprint density at radius 1 is 1.12 bits per heavy atom. The van der Waals surface area contributed by atoms with Crippen LogP contribution in [0, 0.1) is 5.92 Å². The van der Waals surface area contributed by atoms with E-state index in [4.69, 9.17) is 9.47 Å². The lowest BCUT2D eigenvalue weighted by Crippen LogP contribution is -2.36. The van der Waals surface area contributed by atoms with Crippen molar-refractivity contribution in [3.8, 4) is 5.75 Å². The van der Waals surface area contributed by atoms with E-state index in [-0.39, 0.29) is 0 Å². The maximum absolute atomic E-state index is 5.91. The van der Waals surface area contributed by atoms with Crippen LogP contribution in [0.5, 0.6) is 5.75 Å². The lowest BCUT2D eigenvalue weighted by atomic mass is 9.96. The average molecular weight is 335 g/mol. The molecule has 128 valence electrons. The number of morpholine rings is 1. The number of hydrogen-bond acceptors (Lipinski definition) is 5. The van der Waals surface area contributed by atoms with Crippen molar-refractivity contribution in [3.05, 3.63) is 47.7 Å². The van der Waals surface area contributed by atoms with Gasteiger partial charge in [-0.2, -0.15) is 0 Å². The van der Waals surface area contributed by atoms with E-state index in [9.17, 15) is 0 Å². The summed E-state index contributed by atoms with van der Waals surface area (Å²) in [5, 5.41) is 0. The molecule has 5 rings (SSSR count). The minimum absolute atomic E-state index is 0.760. The first kappa shape index (κ1) is 14.9. The summed E-state index contributed by atoms with van der Waals surface area (Å²) >= 11 is 0. The van der Waals surface area contributed by atoms with E-state index in [1.807, 2.05) is 24.4 Å². The zero-order chi connectivity index (χ0) is 16.6. The number of nitrogens with zero attached hydrogens (tertiary/aromatic N) is 3. The predicted octanol–water partition coefficient (Wildman–Crippen LogP) is 3.19. The van der Waals surface area contributed by atoms with Crippen molar-refractivity contribution in [2.45, 2.75) is 12.8 Å². The summed E-state index contributed by atoms with van der Waals surface area (Å²) in [6.45, 7) is 4.13. The zero-order valence-corrected chi connectivity index (χ0v) is 14.1. The summed E-state index contributed by atoms with van der Waals surface area (Å²) in [4.78, 5) is 11.5. The molecule has 0 atom stereocenters. The number of fused-ring (bicyclic) bond motifs is 1. The number of aliphatic imine (C=N–C) groups is 1. The fourth-order valence-electron chi connectivity index (χ4n) is 3.27. The quantitative estimate of drug-likeness (QED) is 0.718. The van der Waals surface area contributed by atoms with Gasteiger partial charge in [0.1, 0.15) is 11.6 Å². The van der Waals surface area contributed by atoms with E-state index in [1.165, 1.54) is 18.4 Å². The Kier molecular flexibility index (Phi) is 3.67. The van der Waals surface area contributed by atoms with Gasteiger partial charge in [-0.1, -0.05) is 0 Å². The van der Waals surface area contributed by atoms with Crippen LogP contribution in [0.15, 0.2) is 41.5 Å². The van der Waals surface area contributed by atoms with Crippen LogP contribution in [0.25, 0.3) is 0 Å². The van der Waals surface area contributed by atoms with Crippen LogP contribution in [0.1, 0.15) is 24.0 Å². The highest BCUT2D eigenvalue weighted by atomic mass is 16.5. The third-order valence-corrected chi connectivity index (χ3v) is 4.99. The highest BCUT2D eigenvalue weighted by Gasteiger charge is 2.24. The first-order valence-corrected chi connectivity index (χ1v) is 9.02. The molecule has 1 saturated carbocycles. The number of anilines is 1. The largest absolute Gasteiger partial charge is 0.493 e.